The molecule has 5 nitrogen and oxygen atoms in total. The summed E-state index contributed by atoms with van der Waals surface area (Å²) in [7, 11) is 1.34. The highest BCUT2D eigenvalue weighted by molar-refractivity contribution is 7.10. The van der Waals surface area contributed by atoms with Crippen molar-refractivity contribution in [2.24, 2.45) is 5.41 Å². The SMILES string of the molecule is COC(=O)C(C)(C)CNC(=O)N[C@@H](C)c1cccs1. The van der Waals surface area contributed by atoms with Crippen molar-refractivity contribution in [3.8, 4) is 0 Å². The highest BCUT2D eigenvalue weighted by Crippen LogP contribution is 2.18. The molecule has 1 aromatic heterocycles. The summed E-state index contributed by atoms with van der Waals surface area (Å²) in [4.78, 5) is 24.3. The minimum Gasteiger partial charge on any atom is -0.469 e. The van der Waals surface area contributed by atoms with Crippen molar-refractivity contribution >= 4 is 23.3 Å². The maximum absolute atomic E-state index is 11.7. The summed E-state index contributed by atoms with van der Waals surface area (Å²) in [5, 5.41) is 7.47. The molecule has 0 saturated heterocycles. The lowest BCUT2D eigenvalue weighted by Gasteiger charge is -2.22. The fourth-order valence-electron chi connectivity index (χ4n) is 1.51. The van der Waals surface area contributed by atoms with E-state index in [9.17, 15) is 9.59 Å². The number of nitrogens with one attached hydrogen (secondary N) is 2. The first-order chi connectivity index (χ1) is 8.86. The summed E-state index contributed by atoms with van der Waals surface area (Å²) in [6.07, 6.45) is 0. The van der Waals surface area contributed by atoms with E-state index in [-0.39, 0.29) is 24.6 Å². The smallest absolute Gasteiger partial charge is 0.315 e. The molecule has 2 N–H and O–H groups in total. The maximum Gasteiger partial charge on any atom is 0.315 e. The normalized spacial score (nSPS) is 12.6. The summed E-state index contributed by atoms with van der Waals surface area (Å²) in [5.74, 6) is -0.348. The van der Waals surface area contributed by atoms with Crippen LogP contribution in [0.25, 0.3) is 0 Å². The van der Waals surface area contributed by atoms with Crippen LogP contribution < -0.4 is 10.6 Å². The van der Waals surface area contributed by atoms with E-state index in [4.69, 9.17) is 0 Å². The molecule has 0 bridgehead atoms. The van der Waals surface area contributed by atoms with Gasteiger partial charge in [0.1, 0.15) is 0 Å². The highest BCUT2D eigenvalue weighted by Gasteiger charge is 2.29. The fraction of sp³-hybridized carbons (Fsp3) is 0.538. The zero-order valence-electron chi connectivity index (χ0n) is 11.6. The van der Waals surface area contributed by atoms with Crippen LogP contribution in [0.5, 0.6) is 0 Å². The van der Waals surface area contributed by atoms with Gasteiger partial charge in [0, 0.05) is 11.4 Å². The summed E-state index contributed by atoms with van der Waals surface area (Å²) in [6, 6.07) is 3.56. The van der Waals surface area contributed by atoms with Crippen LogP contribution in [-0.4, -0.2) is 25.7 Å². The zero-order valence-corrected chi connectivity index (χ0v) is 12.5. The van der Waals surface area contributed by atoms with E-state index < -0.39 is 5.41 Å². The maximum atomic E-state index is 11.7. The lowest BCUT2D eigenvalue weighted by atomic mass is 9.94. The molecular formula is C13H20N2O3S. The molecular weight excluding hydrogens is 264 g/mol. The number of urea groups is 1. The minimum absolute atomic E-state index is 0.0544. The Kier molecular flexibility index (Phi) is 5.35. The second-order valence-electron chi connectivity index (χ2n) is 4.94. The molecule has 0 fully saturated rings. The number of amides is 2. The van der Waals surface area contributed by atoms with Crippen molar-refractivity contribution in [3.05, 3.63) is 22.4 Å². The monoisotopic (exact) mass is 284 g/mol. The molecule has 106 valence electrons. The number of carbonyl (C=O) groups is 2. The second kappa shape index (κ2) is 6.56. The van der Waals surface area contributed by atoms with Gasteiger partial charge in [-0.05, 0) is 32.2 Å². The number of methoxy groups -OCH3 is 1. The van der Waals surface area contributed by atoms with Gasteiger partial charge in [0.2, 0.25) is 0 Å². The average molecular weight is 284 g/mol. The third-order valence-electron chi connectivity index (χ3n) is 2.75. The van der Waals surface area contributed by atoms with Gasteiger partial charge in [-0.2, -0.15) is 0 Å². The quantitative estimate of drug-likeness (QED) is 0.815. The van der Waals surface area contributed by atoms with Crippen molar-refractivity contribution < 1.29 is 14.3 Å². The van der Waals surface area contributed by atoms with E-state index in [0.29, 0.717) is 0 Å². The first-order valence-electron chi connectivity index (χ1n) is 6.03. The lowest BCUT2D eigenvalue weighted by molar-refractivity contribution is -0.150. The van der Waals surface area contributed by atoms with E-state index in [1.165, 1.54) is 7.11 Å². The molecule has 0 unspecified atom stereocenters. The first kappa shape index (κ1) is 15.5. The zero-order chi connectivity index (χ0) is 14.5. The van der Waals surface area contributed by atoms with Crippen LogP contribution in [0.2, 0.25) is 0 Å². The predicted octanol–water partition coefficient (Wildman–Crippen LogP) is 2.31. The Morgan fingerprint density at radius 1 is 1.47 bits per heavy atom. The van der Waals surface area contributed by atoms with Gasteiger partial charge in [0.05, 0.1) is 18.6 Å². The molecule has 0 spiro atoms. The van der Waals surface area contributed by atoms with Gasteiger partial charge < -0.3 is 15.4 Å². The van der Waals surface area contributed by atoms with E-state index in [2.05, 4.69) is 15.4 Å². The van der Waals surface area contributed by atoms with Crippen molar-refractivity contribution in [1.29, 1.82) is 0 Å². The molecule has 6 heteroatoms. The van der Waals surface area contributed by atoms with Crippen LogP contribution in [0, 0.1) is 5.41 Å². The largest absolute Gasteiger partial charge is 0.469 e. The number of hydrogen-bond donors (Lipinski definition) is 2. The number of hydrogen-bond acceptors (Lipinski definition) is 4. The Hall–Kier alpha value is -1.56. The summed E-state index contributed by atoms with van der Waals surface area (Å²) >= 11 is 1.59. The molecule has 1 aromatic rings. The van der Waals surface area contributed by atoms with Crippen LogP contribution in [0.4, 0.5) is 4.79 Å². The summed E-state index contributed by atoms with van der Waals surface area (Å²) in [5.41, 5.74) is -0.738. The molecule has 2 amide bonds. The van der Waals surface area contributed by atoms with Crippen molar-refractivity contribution in [2.45, 2.75) is 26.8 Å². The van der Waals surface area contributed by atoms with E-state index in [1.807, 2.05) is 24.4 Å². The van der Waals surface area contributed by atoms with Gasteiger partial charge in [0.15, 0.2) is 0 Å². The van der Waals surface area contributed by atoms with Crippen LogP contribution in [0.1, 0.15) is 31.7 Å². The predicted molar refractivity (Wildman–Crippen MR) is 75.1 cm³/mol. The van der Waals surface area contributed by atoms with E-state index in [1.54, 1.807) is 25.2 Å². The van der Waals surface area contributed by atoms with Crippen LogP contribution in [-0.2, 0) is 9.53 Å². The van der Waals surface area contributed by atoms with Gasteiger partial charge in [-0.25, -0.2) is 4.79 Å². The Morgan fingerprint density at radius 3 is 2.68 bits per heavy atom. The molecule has 1 rings (SSSR count). The number of ether oxygens (including phenoxy) is 1. The molecule has 0 aromatic carbocycles. The average Bonchev–Trinajstić information content (AvgIpc) is 2.89. The van der Waals surface area contributed by atoms with E-state index >= 15 is 0 Å². The van der Waals surface area contributed by atoms with Gasteiger partial charge in [0.25, 0.3) is 0 Å². The third kappa shape index (κ3) is 4.55. The fourth-order valence-corrected chi connectivity index (χ4v) is 2.24. The molecule has 0 radical (unpaired) electrons. The Labute approximate surface area is 117 Å². The van der Waals surface area contributed by atoms with Gasteiger partial charge in [-0.1, -0.05) is 6.07 Å². The second-order valence-corrected chi connectivity index (χ2v) is 5.92. The van der Waals surface area contributed by atoms with Crippen molar-refractivity contribution in [1.82, 2.24) is 10.6 Å². The number of rotatable bonds is 5. The van der Waals surface area contributed by atoms with Crippen LogP contribution >= 0.6 is 11.3 Å². The number of thiophene rings is 1. The third-order valence-corrected chi connectivity index (χ3v) is 3.80. The Bertz CT molecular complexity index is 429. The lowest BCUT2D eigenvalue weighted by Crippen LogP contribution is -2.44. The van der Waals surface area contributed by atoms with Gasteiger partial charge in [-0.3, -0.25) is 4.79 Å². The minimum atomic E-state index is -0.738. The van der Waals surface area contributed by atoms with Crippen molar-refractivity contribution in [2.75, 3.05) is 13.7 Å². The molecule has 0 aliphatic heterocycles. The van der Waals surface area contributed by atoms with Crippen LogP contribution in [0.3, 0.4) is 0 Å². The Morgan fingerprint density at radius 2 is 2.16 bits per heavy atom. The summed E-state index contributed by atoms with van der Waals surface area (Å²) < 4.78 is 4.68. The first-order valence-corrected chi connectivity index (χ1v) is 6.91. The molecule has 1 atom stereocenters. The topological polar surface area (TPSA) is 67.4 Å². The van der Waals surface area contributed by atoms with E-state index in [0.717, 1.165) is 4.88 Å². The van der Waals surface area contributed by atoms with Gasteiger partial charge >= 0.3 is 12.0 Å². The standard InChI is InChI=1S/C13H20N2O3S/c1-9(10-6-5-7-19-10)15-12(17)14-8-13(2,3)11(16)18-4/h5-7,9H,8H2,1-4H3,(H2,14,15,17)/t9-/m0/s1. The van der Waals surface area contributed by atoms with Crippen LogP contribution in [0.15, 0.2) is 17.5 Å². The molecule has 1 heterocycles. The highest BCUT2D eigenvalue weighted by atomic mass is 32.1. The molecule has 19 heavy (non-hydrogen) atoms. The Balaban J connectivity index is 2.42. The van der Waals surface area contributed by atoms with Crippen molar-refractivity contribution in [3.63, 3.8) is 0 Å². The number of esters is 1. The molecule has 0 aliphatic rings. The number of carbonyl (C=O) groups excluding carboxylic acids is 2. The summed E-state index contributed by atoms with van der Waals surface area (Å²) in [6.45, 7) is 5.59. The molecule has 0 saturated carbocycles. The molecule has 0 aliphatic carbocycles. The van der Waals surface area contributed by atoms with Gasteiger partial charge in [-0.15, -0.1) is 11.3 Å².